The minimum atomic E-state index is -3.38. The molecule has 2 unspecified atom stereocenters. The van der Waals surface area contributed by atoms with Crippen LogP contribution in [0, 0.1) is 0 Å². The fourth-order valence-corrected chi connectivity index (χ4v) is 2.50. The predicted molar refractivity (Wildman–Crippen MR) is 78.9 cm³/mol. The molecule has 0 aliphatic heterocycles. The largest absolute Gasteiger partial charge is 0.383 e. The molecule has 0 saturated carbocycles. The van der Waals surface area contributed by atoms with Crippen molar-refractivity contribution in [1.82, 2.24) is 4.72 Å². The molecule has 0 bridgehead atoms. The van der Waals surface area contributed by atoms with Gasteiger partial charge in [-0.1, -0.05) is 30.3 Å². The zero-order chi connectivity index (χ0) is 13.6. The summed E-state index contributed by atoms with van der Waals surface area (Å²) in [4.78, 5) is 0. The van der Waals surface area contributed by atoms with E-state index in [1.165, 1.54) is 7.11 Å². The molecule has 1 aromatic rings. The molecule has 1 aromatic carbocycles. The number of rotatable bonds is 7. The lowest BCUT2D eigenvalue weighted by molar-refractivity contribution is 0.200. The van der Waals surface area contributed by atoms with Crippen molar-refractivity contribution in [2.45, 2.75) is 18.2 Å². The first-order chi connectivity index (χ1) is 8.47. The SMILES string of the molecule is COCC(C)S(=O)(=O)NCC(N)c1ccccc1.Cl. The summed E-state index contributed by atoms with van der Waals surface area (Å²) in [5, 5.41) is -0.592. The molecule has 5 nitrogen and oxygen atoms in total. The summed E-state index contributed by atoms with van der Waals surface area (Å²) >= 11 is 0. The average Bonchev–Trinajstić information content (AvgIpc) is 2.37. The van der Waals surface area contributed by atoms with E-state index < -0.39 is 15.3 Å². The number of ether oxygens (including phenoxy) is 1. The van der Waals surface area contributed by atoms with Gasteiger partial charge in [0.25, 0.3) is 0 Å². The Balaban J connectivity index is 0.00000324. The van der Waals surface area contributed by atoms with Crippen molar-refractivity contribution in [3.8, 4) is 0 Å². The van der Waals surface area contributed by atoms with Crippen molar-refractivity contribution in [3.05, 3.63) is 35.9 Å². The molecule has 0 aromatic heterocycles. The Bertz CT molecular complexity index is 453. The van der Waals surface area contributed by atoms with Gasteiger partial charge in [0.05, 0.1) is 11.9 Å². The smallest absolute Gasteiger partial charge is 0.216 e. The molecular formula is C12H21ClN2O3S. The summed E-state index contributed by atoms with van der Waals surface area (Å²) in [6.45, 7) is 1.94. The molecule has 7 heteroatoms. The van der Waals surface area contributed by atoms with Crippen LogP contribution in [0.3, 0.4) is 0 Å². The topological polar surface area (TPSA) is 81.4 Å². The van der Waals surface area contributed by atoms with E-state index in [0.29, 0.717) is 0 Å². The maximum absolute atomic E-state index is 11.8. The van der Waals surface area contributed by atoms with Crippen LogP contribution in [0.4, 0.5) is 0 Å². The summed E-state index contributed by atoms with van der Waals surface area (Å²) < 4.78 is 31.0. The van der Waals surface area contributed by atoms with E-state index in [4.69, 9.17) is 10.5 Å². The maximum Gasteiger partial charge on any atom is 0.216 e. The van der Waals surface area contributed by atoms with Gasteiger partial charge in [0.2, 0.25) is 10.0 Å². The van der Waals surface area contributed by atoms with Crippen LogP contribution in [0.25, 0.3) is 0 Å². The number of halogens is 1. The fraction of sp³-hybridized carbons (Fsp3) is 0.500. The maximum atomic E-state index is 11.8. The number of nitrogens with one attached hydrogen (secondary N) is 1. The van der Waals surface area contributed by atoms with Crippen LogP contribution in [-0.2, 0) is 14.8 Å². The van der Waals surface area contributed by atoms with Crippen molar-refractivity contribution in [1.29, 1.82) is 0 Å². The van der Waals surface area contributed by atoms with Crippen molar-refractivity contribution in [2.75, 3.05) is 20.3 Å². The monoisotopic (exact) mass is 308 g/mol. The fourth-order valence-electron chi connectivity index (χ4n) is 1.49. The van der Waals surface area contributed by atoms with Crippen molar-refractivity contribution >= 4 is 22.4 Å². The van der Waals surface area contributed by atoms with Gasteiger partial charge in [0.1, 0.15) is 0 Å². The average molecular weight is 309 g/mol. The van der Waals surface area contributed by atoms with Gasteiger partial charge in [0.15, 0.2) is 0 Å². The molecule has 0 fully saturated rings. The molecule has 110 valence electrons. The van der Waals surface area contributed by atoms with Crippen LogP contribution in [0.5, 0.6) is 0 Å². The summed E-state index contributed by atoms with van der Waals surface area (Å²) in [5.41, 5.74) is 6.82. The lowest BCUT2D eigenvalue weighted by Crippen LogP contribution is -2.39. The zero-order valence-corrected chi connectivity index (χ0v) is 12.7. The lowest BCUT2D eigenvalue weighted by Gasteiger charge is -2.16. The highest BCUT2D eigenvalue weighted by atomic mass is 35.5. The van der Waals surface area contributed by atoms with Crippen LogP contribution in [0.1, 0.15) is 18.5 Å². The Morgan fingerprint density at radius 1 is 1.32 bits per heavy atom. The van der Waals surface area contributed by atoms with E-state index >= 15 is 0 Å². The van der Waals surface area contributed by atoms with E-state index in [9.17, 15) is 8.42 Å². The van der Waals surface area contributed by atoms with Gasteiger partial charge in [0, 0.05) is 19.7 Å². The van der Waals surface area contributed by atoms with Gasteiger partial charge in [-0.3, -0.25) is 0 Å². The summed E-state index contributed by atoms with van der Waals surface area (Å²) in [7, 11) is -1.91. The van der Waals surface area contributed by atoms with Gasteiger partial charge < -0.3 is 10.5 Å². The summed E-state index contributed by atoms with van der Waals surface area (Å²) in [6.07, 6.45) is 0. The highest BCUT2D eigenvalue weighted by Gasteiger charge is 2.21. The Labute approximate surface area is 121 Å². The van der Waals surface area contributed by atoms with E-state index in [1.54, 1.807) is 6.92 Å². The molecule has 1 rings (SSSR count). The predicted octanol–water partition coefficient (Wildman–Crippen LogP) is 1.06. The molecule has 0 spiro atoms. The molecule has 0 radical (unpaired) electrons. The third kappa shape index (κ3) is 5.88. The number of hydrogen-bond donors (Lipinski definition) is 2. The van der Waals surface area contributed by atoms with Gasteiger partial charge >= 0.3 is 0 Å². The number of methoxy groups -OCH3 is 1. The first-order valence-electron chi connectivity index (χ1n) is 5.75. The van der Waals surface area contributed by atoms with Gasteiger partial charge in [-0.25, -0.2) is 13.1 Å². The molecule has 2 atom stereocenters. The highest BCUT2D eigenvalue weighted by molar-refractivity contribution is 7.90. The lowest BCUT2D eigenvalue weighted by atomic mass is 10.1. The van der Waals surface area contributed by atoms with Crippen LogP contribution in [0.2, 0.25) is 0 Å². The number of sulfonamides is 1. The standard InChI is InChI=1S/C12H20N2O3S.ClH/c1-10(9-17-2)18(15,16)14-8-12(13)11-6-4-3-5-7-11;/h3-7,10,12,14H,8-9,13H2,1-2H3;1H. The van der Waals surface area contributed by atoms with Crippen LogP contribution < -0.4 is 10.5 Å². The molecule has 0 aliphatic rings. The molecule has 0 aliphatic carbocycles. The zero-order valence-electron chi connectivity index (χ0n) is 11.1. The number of benzene rings is 1. The second-order valence-corrected chi connectivity index (χ2v) is 6.36. The Hall–Kier alpha value is -0.660. The van der Waals surface area contributed by atoms with Crippen LogP contribution in [0.15, 0.2) is 30.3 Å². The highest BCUT2D eigenvalue weighted by Crippen LogP contribution is 2.09. The van der Waals surface area contributed by atoms with Gasteiger partial charge in [-0.2, -0.15) is 0 Å². The minimum Gasteiger partial charge on any atom is -0.383 e. The Kier molecular flexibility index (Phi) is 8.20. The molecule has 0 amide bonds. The third-order valence-corrected chi connectivity index (χ3v) is 4.43. The van der Waals surface area contributed by atoms with E-state index in [0.717, 1.165) is 5.56 Å². The first kappa shape index (κ1) is 18.3. The number of nitrogens with two attached hydrogens (primary N) is 1. The van der Waals surface area contributed by atoms with E-state index in [2.05, 4.69) is 4.72 Å². The van der Waals surface area contributed by atoms with Crippen LogP contribution in [-0.4, -0.2) is 33.9 Å². The molecule has 3 N–H and O–H groups in total. The van der Waals surface area contributed by atoms with Crippen LogP contribution >= 0.6 is 12.4 Å². The third-order valence-electron chi connectivity index (χ3n) is 2.66. The van der Waals surface area contributed by atoms with Crippen molar-refractivity contribution in [3.63, 3.8) is 0 Å². The first-order valence-corrected chi connectivity index (χ1v) is 7.30. The molecule has 19 heavy (non-hydrogen) atoms. The Morgan fingerprint density at radius 3 is 2.42 bits per heavy atom. The number of hydrogen-bond acceptors (Lipinski definition) is 4. The minimum absolute atomic E-state index is 0. The van der Waals surface area contributed by atoms with Gasteiger partial charge in [-0.05, 0) is 12.5 Å². The normalized spacial score (nSPS) is 14.5. The summed E-state index contributed by atoms with van der Waals surface area (Å²) in [6, 6.07) is 9.03. The van der Waals surface area contributed by atoms with E-state index in [-0.39, 0.29) is 31.6 Å². The molecule has 0 saturated heterocycles. The van der Waals surface area contributed by atoms with E-state index in [1.807, 2.05) is 30.3 Å². The second-order valence-electron chi connectivity index (χ2n) is 4.18. The second kappa shape index (κ2) is 8.50. The summed E-state index contributed by atoms with van der Waals surface area (Å²) in [5.74, 6) is 0. The Morgan fingerprint density at radius 2 is 1.89 bits per heavy atom. The molecule has 0 heterocycles. The van der Waals surface area contributed by atoms with Crippen molar-refractivity contribution in [2.24, 2.45) is 5.73 Å². The van der Waals surface area contributed by atoms with Gasteiger partial charge in [-0.15, -0.1) is 12.4 Å². The molecular weight excluding hydrogens is 288 g/mol. The quantitative estimate of drug-likeness (QED) is 0.789. The van der Waals surface area contributed by atoms with Crippen molar-refractivity contribution < 1.29 is 13.2 Å².